The van der Waals surface area contributed by atoms with Gasteiger partial charge < -0.3 is 4.90 Å². The molecule has 1 aliphatic heterocycles. The van der Waals surface area contributed by atoms with Crippen LogP contribution in [-0.4, -0.2) is 22.9 Å². The number of rotatable bonds is 2. The second-order valence-corrected chi connectivity index (χ2v) is 3.98. The summed E-state index contributed by atoms with van der Waals surface area (Å²) >= 11 is 5.49. The summed E-state index contributed by atoms with van der Waals surface area (Å²) in [4.78, 5) is 12.8. The molecule has 1 rings (SSSR count). The molecule has 4 heteroatoms. The number of carbonyl (C=O) groups is 1. The molecule has 1 aliphatic rings. The summed E-state index contributed by atoms with van der Waals surface area (Å²) in [7, 11) is 0. The van der Waals surface area contributed by atoms with Gasteiger partial charge in [-0.2, -0.15) is 5.26 Å². The summed E-state index contributed by atoms with van der Waals surface area (Å²) in [6, 6.07) is 2.29. The lowest BCUT2D eigenvalue weighted by molar-refractivity contribution is 0.149. The van der Waals surface area contributed by atoms with Crippen molar-refractivity contribution in [1.82, 2.24) is 4.90 Å². The highest BCUT2D eigenvalue weighted by molar-refractivity contribution is 6.62. The average molecular weight is 215 g/mol. The first kappa shape index (κ1) is 11.3. The lowest BCUT2D eigenvalue weighted by atomic mass is 9.90. The van der Waals surface area contributed by atoms with Crippen LogP contribution < -0.4 is 0 Å². The van der Waals surface area contributed by atoms with Crippen LogP contribution in [0.5, 0.6) is 0 Å². The number of hydrogen-bond donors (Lipinski definition) is 0. The Morgan fingerprint density at radius 1 is 1.71 bits per heavy atom. The Bertz CT molecular complexity index is 249. The summed E-state index contributed by atoms with van der Waals surface area (Å²) in [6.45, 7) is 2.67. The summed E-state index contributed by atoms with van der Waals surface area (Å²) in [6.07, 6.45) is 3.77. The van der Waals surface area contributed by atoms with Gasteiger partial charge in [0, 0.05) is 12.6 Å². The largest absolute Gasteiger partial charge is 0.325 e. The van der Waals surface area contributed by atoms with Crippen LogP contribution in [0, 0.1) is 17.2 Å². The molecule has 1 fully saturated rings. The average Bonchev–Trinajstić information content (AvgIpc) is 2.20. The maximum Gasteiger partial charge on any atom is 0.316 e. The molecule has 1 saturated heterocycles. The number of likely N-dealkylation sites (tertiary alicyclic amines) is 1. The molecular formula is C10H15ClN2O. The fraction of sp³-hybridized carbons (Fsp3) is 0.800. The first-order chi connectivity index (χ1) is 6.70. The molecule has 0 aromatic carbocycles. The third-order valence-corrected chi connectivity index (χ3v) is 3.06. The number of amides is 1. The number of nitrogens with zero attached hydrogens (tertiary/aromatic N) is 2. The van der Waals surface area contributed by atoms with Gasteiger partial charge in [0.05, 0.1) is 12.0 Å². The Hall–Kier alpha value is -0.750. The second-order valence-electron chi connectivity index (χ2n) is 3.65. The van der Waals surface area contributed by atoms with Crippen molar-refractivity contribution in [3.05, 3.63) is 0 Å². The van der Waals surface area contributed by atoms with Gasteiger partial charge in [-0.15, -0.1) is 0 Å². The predicted molar refractivity (Wildman–Crippen MR) is 55.0 cm³/mol. The number of halogens is 1. The van der Waals surface area contributed by atoms with Crippen LogP contribution in [0.2, 0.25) is 0 Å². The maximum absolute atomic E-state index is 11.1. The lowest BCUT2D eigenvalue weighted by Crippen LogP contribution is -2.45. The minimum absolute atomic E-state index is 0.0312. The van der Waals surface area contributed by atoms with Gasteiger partial charge >= 0.3 is 5.37 Å². The highest BCUT2D eigenvalue weighted by atomic mass is 35.5. The van der Waals surface area contributed by atoms with E-state index in [1.165, 1.54) is 0 Å². The molecule has 0 saturated carbocycles. The van der Waals surface area contributed by atoms with Crippen molar-refractivity contribution < 1.29 is 4.79 Å². The fourth-order valence-corrected chi connectivity index (χ4v) is 2.25. The standard InChI is InChI=1S/C10H15ClN2O/c1-2-8(7-12)9-5-3-4-6-13(9)10(11)14/h8-9H,2-6H2,1H3. The van der Waals surface area contributed by atoms with Gasteiger partial charge in [-0.25, -0.2) is 0 Å². The first-order valence-corrected chi connectivity index (χ1v) is 5.44. The molecule has 0 aromatic rings. The van der Waals surface area contributed by atoms with Crippen LogP contribution in [0.1, 0.15) is 32.6 Å². The molecule has 0 spiro atoms. The topological polar surface area (TPSA) is 44.1 Å². The van der Waals surface area contributed by atoms with Gasteiger partial charge in [0.2, 0.25) is 0 Å². The number of carbonyl (C=O) groups excluding carboxylic acids is 1. The van der Waals surface area contributed by atoms with Crippen LogP contribution in [0.3, 0.4) is 0 Å². The van der Waals surface area contributed by atoms with Crippen LogP contribution >= 0.6 is 11.6 Å². The SMILES string of the molecule is CCC(C#N)C1CCCCN1C(=O)Cl. The molecule has 3 nitrogen and oxygen atoms in total. The molecule has 0 aliphatic carbocycles. The highest BCUT2D eigenvalue weighted by Gasteiger charge is 2.31. The minimum Gasteiger partial charge on any atom is -0.325 e. The van der Waals surface area contributed by atoms with Crippen molar-refractivity contribution in [2.24, 2.45) is 5.92 Å². The monoisotopic (exact) mass is 214 g/mol. The summed E-state index contributed by atoms with van der Waals surface area (Å²) in [5.74, 6) is -0.0713. The van der Waals surface area contributed by atoms with Crippen LogP contribution in [0.25, 0.3) is 0 Å². The molecular weight excluding hydrogens is 200 g/mol. The van der Waals surface area contributed by atoms with E-state index in [0.29, 0.717) is 6.54 Å². The summed E-state index contributed by atoms with van der Waals surface area (Å²) in [5, 5.41) is 8.53. The van der Waals surface area contributed by atoms with E-state index in [1.807, 2.05) is 6.92 Å². The third kappa shape index (κ3) is 2.39. The highest BCUT2D eigenvalue weighted by Crippen LogP contribution is 2.26. The molecule has 0 bridgehead atoms. The molecule has 1 heterocycles. The Morgan fingerprint density at radius 3 is 2.93 bits per heavy atom. The smallest absolute Gasteiger partial charge is 0.316 e. The molecule has 1 amide bonds. The Kier molecular flexibility index (Phi) is 4.21. The molecule has 14 heavy (non-hydrogen) atoms. The Morgan fingerprint density at radius 2 is 2.43 bits per heavy atom. The van der Waals surface area contributed by atoms with Crippen LogP contribution in [0.15, 0.2) is 0 Å². The molecule has 0 N–H and O–H groups in total. The van der Waals surface area contributed by atoms with Crippen molar-refractivity contribution in [2.45, 2.75) is 38.6 Å². The van der Waals surface area contributed by atoms with Crippen molar-refractivity contribution in [3.8, 4) is 6.07 Å². The number of hydrogen-bond acceptors (Lipinski definition) is 2. The number of nitriles is 1. The number of piperidine rings is 1. The molecule has 2 unspecified atom stereocenters. The second kappa shape index (κ2) is 5.21. The van der Waals surface area contributed by atoms with Crippen LogP contribution in [-0.2, 0) is 0 Å². The van der Waals surface area contributed by atoms with Gasteiger partial charge in [0.15, 0.2) is 0 Å². The zero-order valence-electron chi connectivity index (χ0n) is 8.37. The van der Waals surface area contributed by atoms with Crippen molar-refractivity contribution in [1.29, 1.82) is 5.26 Å². The quantitative estimate of drug-likeness (QED) is 0.524. The fourth-order valence-electron chi connectivity index (χ4n) is 2.04. The van der Waals surface area contributed by atoms with Crippen molar-refractivity contribution in [3.63, 3.8) is 0 Å². The van der Waals surface area contributed by atoms with Crippen molar-refractivity contribution >= 4 is 17.0 Å². The predicted octanol–water partition coefficient (Wildman–Crippen LogP) is 2.75. The van der Waals surface area contributed by atoms with E-state index in [2.05, 4.69) is 6.07 Å². The molecule has 0 radical (unpaired) electrons. The molecule has 2 atom stereocenters. The minimum atomic E-state index is -0.414. The zero-order chi connectivity index (χ0) is 10.6. The van der Waals surface area contributed by atoms with Crippen molar-refractivity contribution in [2.75, 3.05) is 6.54 Å². The van der Waals surface area contributed by atoms with Gasteiger partial charge in [0.25, 0.3) is 0 Å². The Balaban J connectivity index is 2.72. The van der Waals surface area contributed by atoms with E-state index >= 15 is 0 Å². The van der Waals surface area contributed by atoms with Crippen LogP contribution in [0.4, 0.5) is 4.79 Å². The van der Waals surface area contributed by atoms with E-state index in [9.17, 15) is 4.79 Å². The van der Waals surface area contributed by atoms with E-state index < -0.39 is 5.37 Å². The van der Waals surface area contributed by atoms with E-state index in [-0.39, 0.29) is 12.0 Å². The van der Waals surface area contributed by atoms with Gasteiger partial charge in [-0.3, -0.25) is 4.79 Å². The van der Waals surface area contributed by atoms with Gasteiger partial charge in [-0.1, -0.05) is 6.92 Å². The molecule has 0 aromatic heterocycles. The normalized spacial score (nSPS) is 24.1. The third-order valence-electron chi connectivity index (χ3n) is 2.85. The first-order valence-electron chi connectivity index (χ1n) is 5.06. The van der Waals surface area contributed by atoms with Gasteiger partial charge in [0.1, 0.15) is 0 Å². The van der Waals surface area contributed by atoms with Gasteiger partial charge in [-0.05, 0) is 37.3 Å². The van der Waals surface area contributed by atoms with E-state index in [0.717, 1.165) is 25.7 Å². The molecule has 78 valence electrons. The zero-order valence-corrected chi connectivity index (χ0v) is 9.13. The Labute approximate surface area is 89.6 Å². The van der Waals surface area contributed by atoms with E-state index in [1.54, 1.807) is 4.90 Å². The lowest BCUT2D eigenvalue weighted by Gasteiger charge is -2.36. The summed E-state index contributed by atoms with van der Waals surface area (Å²) < 4.78 is 0. The summed E-state index contributed by atoms with van der Waals surface area (Å²) in [5.41, 5.74) is 0. The maximum atomic E-state index is 11.1. The van der Waals surface area contributed by atoms with E-state index in [4.69, 9.17) is 16.9 Å².